The standard InChI is InChI=1S/C13H16N4O7/c14-4-1-5-16(10(11(15)18)13(21)22)8-3-2-7(12(19)20)6-9(8)17(23)24/h2-3,6,10H,1,4-5,14H2,(H2,15,18)(H,19,20)(H,21,22). The van der Waals surface area contributed by atoms with Crippen molar-refractivity contribution in [2.45, 2.75) is 12.5 Å². The summed E-state index contributed by atoms with van der Waals surface area (Å²) in [5.41, 5.74) is 9.23. The Morgan fingerprint density at radius 2 is 1.92 bits per heavy atom. The van der Waals surface area contributed by atoms with E-state index in [-0.39, 0.29) is 30.8 Å². The van der Waals surface area contributed by atoms with E-state index in [1.54, 1.807) is 0 Å². The highest BCUT2D eigenvalue weighted by Gasteiger charge is 2.34. The van der Waals surface area contributed by atoms with Crippen LogP contribution in [0.3, 0.4) is 0 Å². The van der Waals surface area contributed by atoms with Gasteiger partial charge in [-0.3, -0.25) is 14.9 Å². The maximum absolute atomic E-state index is 11.5. The summed E-state index contributed by atoms with van der Waals surface area (Å²) >= 11 is 0. The summed E-state index contributed by atoms with van der Waals surface area (Å²) in [4.78, 5) is 45.1. The fourth-order valence-electron chi connectivity index (χ4n) is 2.10. The summed E-state index contributed by atoms with van der Waals surface area (Å²) in [6.07, 6.45) is 0.231. The van der Waals surface area contributed by atoms with Gasteiger partial charge in [0.1, 0.15) is 5.69 Å². The second-order valence-electron chi connectivity index (χ2n) is 4.74. The number of nitrogens with zero attached hydrogens (tertiary/aromatic N) is 2. The third-order valence-electron chi connectivity index (χ3n) is 3.15. The number of carboxylic acids is 2. The molecular formula is C13H16N4O7. The molecule has 0 bridgehead atoms. The lowest BCUT2D eigenvalue weighted by Crippen LogP contribution is -2.51. The second kappa shape index (κ2) is 7.87. The summed E-state index contributed by atoms with van der Waals surface area (Å²) < 4.78 is 0. The number of nitro groups is 1. The van der Waals surface area contributed by atoms with Gasteiger partial charge in [0.15, 0.2) is 0 Å². The first-order chi connectivity index (χ1) is 11.2. The van der Waals surface area contributed by atoms with E-state index in [1.165, 1.54) is 0 Å². The van der Waals surface area contributed by atoms with Crippen LogP contribution in [-0.2, 0) is 9.59 Å². The van der Waals surface area contributed by atoms with Crippen molar-refractivity contribution in [2.24, 2.45) is 11.5 Å². The van der Waals surface area contributed by atoms with E-state index in [9.17, 15) is 29.6 Å². The molecule has 24 heavy (non-hydrogen) atoms. The lowest BCUT2D eigenvalue weighted by molar-refractivity contribution is -0.384. The third kappa shape index (κ3) is 4.16. The van der Waals surface area contributed by atoms with Crippen LogP contribution in [0.1, 0.15) is 16.8 Å². The van der Waals surface area contributed by atoms with Gasteiger partial charge in [-0.25, -0.2) is 9.59 Å². The first kappa shape index (κ1) is 18.8. The van der Waals surface area contributed by atoms with Crippen molar-refractivity contribution < 1.29 is 29.5 Å². The van der Waals surface area contributed by atoms with E-state index < -0.39 is 34.5 Å². The third-order valence-corrected chi connectivity index (χ3v) is 3.15. The zero-order chi connectivity index (χ0) is 18.4. The Balaban J connectivity index is 3.51. The van der Waals surface area contributed by atoms with Gasteiger partial charge >= 0.3 is 11.9 Å². The smallest absolute Gasteiger partial charge is 0.336 e. The van der Waals surface area contributed by atoms with Crippen molar-refractivity contribution in [3.05, 3.63) is 33.9 Å². The minimum Gasteiger partial charge on any atom is -0.479 e. The van der Waals surface area contributed by atoms with Crippen molar-refractivity contribution in [2.75, 3.05) is 18.0 Å². The maximum Gasteiger partial charge on any atom is 0.336 e. The Labute approximate surface area is 135 Å². The van der Waals surface area contributed by atoms with E-state index >= 15 is 0 Å². The molecule has 1 unspecified atom stereocenters. The largest absolute Gasteiger partial charge is 0.479 e. The predicted molar refractivity (Wildman–Crippen MR) is 81.7 cm³/mol. The summed E-state index contributed by atoms with van der Waals surface area (Å²) in [5.74, 6) is -4.19. The lowest BCUT2D eigenvalue weighted by atomic mass is 10.1. The predicted octanol–water partition coefficient (Wildman–Crippen LogP) is -0.613. The van der Waals surface area contributed by atoms with Crippen molar-refractivity contribution in [1.82, 2.24) is 0 Å². The number of carbonyl (C=O) groups excluding carboxylic acids is 1. The highest BCUT2D eigenvalue weighted by Crippen LogP contribution is 2.31. The van der Waals surface area contributed by atoms with E-state index in [0.29, 0.717) is 0 Å². The van der Waals surface area contributed by atoms with Gasteiger partial charge in [0.25, 0.3) is 11.6 Å². The molecule has 1 aromatic carbocycles. The zero-order valence-electron chi connectivity index (χ0n) is 12.4. The van der Waals surface area contributed by atoms with Crippen LogP contribution in [0.25, 0.3) is 0 Å². The monoisotopic (exact) mass is 340 g/mol. The summed E-state index contributed by atoms with van der Waals surface area (Å²) in [7, 11) is 0. The van der Waals surface area contributed by atoms with Crippen molar-refractivity contribution in [3.63, 3.8) is 0 Å². The van der Waals surface area contributed by atoms with Crippen LogP contribution in [0.2, 0.25) is 0 Å². The highest BCUT2D eigenvalue weighted by molar-refractivity contribution is 6.04. The molecule has 0 heterocycles. The van der Waals surface area contributed by atoms with E-state index in [4.69, 9.17) is 16.6 Å². The first-order valence-electron chi connectivity index (χ1n) is 6.71. The average molecular weight is 340 g/mol. The number of hydrogen-bond donors (Lipinski definition) is 4. The molecule has 11 heteroatoms. The molecule has 0 aliphatic heterocycles. The van der Waals surface area contributed by atoms with Gasteiger partial charge in [-0.2, -0.15) is 0 Å². The number of anilines is 1. The Kier molecular flexibility index (Phi) is 6.18. The van der Waals surface area contributed by atoms with Crippen LogP contribution in [0, 0.1) is 10.1 Å². The van der Waals surface area contributed by atoms with Gasteiger partial charge in [0, 0.05) is 12.6 Å². The van der Waals surface area contributed by atoms with Crippen molar-refractivity contribution in [1.29, 1.82) is 0 Å². The van der Waals surface area contributed by atoms with Gasteiger partial charge in [0.2, 0.25) is 6.04 Å². The molecule has 0 spiro atoms. The number of amides is 1. The SMILES string of the molecule is NCCCN(c1ccc(C(=O)O)cc1[N+](=O)[O-])C(C(N)=O)C(=O)O. The lowest BCUT2D eigenvalue weighted by Gasteiger charge is -2.28. The number of aromatic carboxylic acids is 1. The molecule has 6 N–H and O–H groups in total. The fourth-order valence-corrected chi connectivity index (χ4v) is 2.10. The molecule has 130 valence electrons. The molecule has 1 aromatic rings. The number of aliphatic carboxylic acids is 1. The van der Waals surface area contributed by atoms with Crippen molar-refractivity contribution in [3.8, 4) is 0 Å². The Hall–Kier alpha value is -3.21. The molecule has 0 fully saturated rings. The van der Waals surface area contributed by atoms with Gasteiger partial charge in [0.05, 0.1) is 10.5 Å². The minimum atomic E-state index is -1.86. The molecule has 11 nitrogen and oxygen atoms in total. The van der Waals surface area contributed by atoms with E-state index in [2.05, 4.69) is 0 Å². The number of hydrogen-bond acceptors (Lipinski definition) is 7. The Bertz CT molecular complexity index is 662. The van der Waals surface area contributed by atoms with Crippen LogP contribution in [-0.4, -0.2) is 52.1 Å². The topological polar surface area (TPSA) is 190 Å². The van der Waals surface area contributed by atoms with Crippen LogP contribution >= 0.6 is 0 Å². The van der Waals surface area contributed by atoms with Crippen LogP contribution in [0.4, 0.5) is 11.4 Å². The summed E-state index contributed by atoms with van der Waals surface area (Å²) in [6, 6.07) is 1.07. The van der Waals surface area contributed by atoms with Crippen LogP contribution in [0.15, 0.2) is 18.2 Å². The van der Waals surface area contributed by atoms with Gasteiger partial charge in [-0.15, -0.1) is 0 Å². The number of benzene rings is 1. The molecule has 0 aromatic heterocycles. The molecule has 1 amide bonds. The Morgan fingerprint density at radius 1 is 1.29 bits per heavy atom. The molecule has 1 rings (SSSR count). The van der Waals surface area contributed by atoms with Gasteiger partial charge in [-0.05, 0) is 25.1 Å². The normalized spacial score (nSPS) is 11.5. The second-order valence-corrected chi connectivity index (χ2v) is 4.74. The van der Waals surface area contributed by atoms with E-state index in [0.717, 1.165) is 23.1 Å². The Morgan fingerprint density at radius 3 is 2.33 bits per heavy atom. The number of nitrogens with two attached hydrogens (primary N) is 2. The van der Waals surface area contributed by atoms with Crippen LogP contribution in [0.5, 0.6) is 0 Å². The molecule has 0 saturated carbocycles. The molecule has 1 atom stereocenters. The maximum atomic E-state index is 11.5. The zero-order valence-corrected chi connectivity index (χ0v) is 12.4. The minimum absolute atomic E-state index is 0.0936. The van der Waals surface area contributed by atoms with Crippen molar-refractivity contribution >= 4 is 29.2 Å². The average Bonchev–Trinajstić information content (AvgIpc) is 2.49. The van der Waals surface area contributed by atoms with Gasteiger partial charge < -0.3 is 26.6 Å². The number of primary amides is 1. The highest BCUT2D eigenvalue weighted by atomic mass is 16.6. The van der Waals surface area contributed by atoms with E-state index in [1.807, 2.05) is 0 Å². The summed E-state index contributed by atoms with van der Waals surface area (Å²) in [5, 5.41) is 29.4. The molecule has 0 aliphatic carbocycles. The molecular weight excluding hydrogens is 324 g/mol. The first-order valence-corrected chi connectivity index (χ1v) is 6.71. The number of nitro benzene ring substituents is 1. The fraction of sp³-hybridized carbons (Fsp3) is 0.308. The van der Waals surface area contributed by atoms with Gasteiger partial charge in [-0.1, -0.05) is 0 Å². The quantitative estimate of drug-likeness (QED) is 0.258. The molecule has 0 saturated heterocycles. The molecule has 0 radical (unpaired) electrons. The number of carboxylic acid groups (broad SMARTS) is 2. The number of carbonyl (C=O) groups is 3. The number of rotatable bonds is 9. The van der Waals surface area contributed by atoms with Crippen LogP contribution < -0.4 is 16.4 Å². The molecule has 0 aliphatic rings. The summed E-state index contributed by atoms with van der Waals surface area (Å²) in [6.45, 7) is 0.0479.